The van der Waals surface area contributed by atoms with Crippen molar-refractivity contribution in [2.75, 3.05) is 18.0 Å². The van der Waals surface area contributed by atoms with Crippen LogP contribution in [0.5, 0.6) is 0 Å². The van der Waals surface area contributed by atoms with E-state index >= 15 is 0 Å². The van der Waals surface area contributed by atoms with Crippen LogP contribution in [0.1, 0.15) is 47.8 Å². The number of carbonyl (C=O) groups is 1. The molecule has 0 radical (unpaired) electrons. The molecule has 2 fully saturated rings. The SMILES string of the molecule is O=C(NC1CC(c2cc(=O)[nH]c(N3CCCC3)n2)C1)c1cnco1. The lowest BCUT2D eigenvalue weighted by Gasteiger charge is -2.35. The van der Waals surface area contributed by atoms with Gasteiger partial charge >= 0.3 is 0 Å². The van der Waals surface area contributed by atoms with Crippen molar-refractivity contribution in [3.8, 4) is 0 Å². The van der Waals surface area contributed by atoms with Crippen molar-refractivity contribution in [1.29, 1.82) is 0 Å². The molecule has 0 unspecified atom stereocenters. The van der Waals surface area contributed by atoms with Crippen molar-refractivity contribution in [2.24, 2.45) is 0 Å². The predicted octanol–water partition coefficient (Wildman–Crippen LogP) is 1.03. The second-order valence-corrected chi connectivity index (χ2v) is 6.39. The van der Waals surface area contributed by atoms with Gasteiger partial charge in [0.15, 0.2) is 6.39 Å². The van der Waals surface area contributed by atoms with E-state index in [1.807, 2.05) is 0 Å². The molecule has 3 heterocycles. The average molecular weight is 329 g/mol. The molecule has 1 amide bonds. The molecule has 1 saturated carbocycles. The van der Waals surface area contributed by atoms with Gasteiger partial charge in [-0.05, 0) is 25.7 Å². The first kappa shape index (κ1) is 14.9. The summed E-state index contributed by atoms with van der Waals surface area (Å²) in [6, 6.07) is 1.64. The number of oxazole rings is 1. The highest BCUT2D eigenvalue weighted by molar-refractivity contribution is 5.91. The molecule has 2 aromatic heterocycles. The Morgan fingerprint density at radius 2 is 2.12 bits per heavy atom. The number of hydrogen-bond acceptors (Lipinski definition) is 6. The third-order valence-electron chi connectivity index (χ3n) is 4.70. The van der Waals surface area contributed by atoms with Crippen molar-refractivity contribution < 1.29 is 9.21 Å². The second kappa shape index (κ2) is 6.10. The van der Waals surface area contributed by atoms with E-state index in [-0.39, 0.29) is 29.2 Å². The summed E-state index contributed by atoms with van der Waals surface area (Å²) in [6.45, 7) is 1.87. The summed E-state index contributed by atoms with van der Waals surface area (Å²) < 4.78 is 4.98. The Labute approximate surface area is 138 Å². The molecule has 2 N–H and O–H groups in total. The van der Waals surface area contributed by atoms with Crippen LogP contribution in [-0.4, -0.2) is 40.0 Å². The van der Waals surface area contributed by atoms with Gasteiger partial charge in [-0.3, -0.25) is 14.6 Å². The number of carbonyl (C=O) groups excluding carboxylic acids is 1. The van der Waals surface area contributed by atoms with Crippen molar-refractivity contribution in [1.82, 2.24) is 20.3 Å². The summed E-state index contributed by atoms with van der Waals surface area (Å²) in [5.41, 5.74) is 0.696. The summed E-state index contributed by atoms with van der Waals surface area (Å²) in [5.74, 6) is 0.828. The minimum absolute atomic E-state index is 0.0731. The number of nitrogens with zero attached hydrogens (tertiary/aromatic N) is 3. The van der Waals surface area contributed by atoms with Gasteiger partial charge in [0, 0.05) is 31.1 Å². The molecular formula is C16H19N5O3. The van der Waals surface area contributed by atoms with E-state index < -0.39 is 0 Å². The second-order valence-electron chi connectivity index (χ2n) is 6.39. The molecule has 8 nitrogen and oxygen atoms in total. The normalized spacial score (nSPS) is 23.1. The van der Waals surface area contributed by atoms with E-state index in [2.05, 4.69) is 25.2 Å². The van der Waals surface area contributed by atoms with Gasteiger partial charge < -0.3 is 14.6 Å². The highest BCUT2D eigenvalue weighted by Crippen LogP contribution is 2.36. The van der Waals surface area contributed by atoms with Crippen molar-refractivity contribution >= 4 is 11.9 Å². The van der Waals surface area contributed by atoms with Gasteiger partial charge in [-0.15, -0.1) is 0 Å². The molecule has 8 heteroatoms. The van der Waals surface area contributed by atoms with Gasteiger partial charge in [-0.2, -0.15) is 0 Å². The van der Waals surface area contributed by atoms with Crippen LogP contribution in [0.15, 0.2) is 27.9 Å². The zero-order valence-electron chi connectivity index (χ0n) is 13.2. The number of anilines is 1. The number of aromatic amines is 1. The molecule has 2 aliphatic rings. The number of nitrogens with one attached hydrogen (secondary N) is 2. The number of rotatable bonds is 4. The molecule has 24 heavy (non-hydrogen) atoms. The molecule has 1 saturated heterocycles. The number of hydrogen-bond donors (Lipinski definition) is 2. The minimum atomic E-state index is -0.257. The number of H-pyrrole nitrogens is 1. The fraction of sp³-hybridized carbons (Fsp3) is 0.500. The smallest absolute Gasteiger partial charge is 0.288 e. The lowest BCUT2D eigenvalue weighted by Crippen LogP contribution is -2.43. The maximum absolute atomic E-state index is 11.9. The van der Waals surface area contributed by atoms with E-state index in [1.54, 1.807) is 6.07 Å². The van der Waals surface area contributed by atoms with Crippen LogP contribution < -0.4 is 15.8 Å². The van der Waals surface area contributed by atoms with E-state index in [0.29, 0.717) is 5.95 Å². The van der Waals surface area contributed by atoms with Crippen LogP contribution in [0, 0.1) is 0 Å². The quantitative estimate of drug-likeness (QED) is 0.868. The fourth-order valence-corrected chi connectivity index (χ4v) is 3.31. The predicted molar refractivity (Wildman–Crippen MR) is 86.0 cm³/mol. The van der Waals surface area contributed by atoms with Gasteiger partial charge in [0.1, 0.15) is 0 Å². The van der Waals surface area contributed by atoms with Gasteiger partial charge in [-0.1, -0.05) is 0 Å². The summed E-state index contributed by atoms with van der Waals surface area (Å²) in [6.07, 6.45) is 6.44. The van der Waals surface area contributed by atoms with Crippen LogP contribution in [0.25, 0.3) is 0 Å². The minimum Gasteiger partial charge on any atom is -0.438 e. The third kappa shape index (κ3) is 2.91. The van der Waals surface area contributed by atoms with Crippen LogP contribution in [0.4, 0.5) is 5.95 Å². The Bertz CT molecular complexity index is 773. The van der Waals surface area contributed by atoms with Gasteiger partial charge in [0.2, 0.25) is 11.7 Å². The lowest BCUT2D eigenvalue weighted by atomic mass is 9.78. The van der Waals surface area contributed by atoms with Crippen molar-refractivity contribution in [3.63, 3.8) is 0 Å². The molecule has 0 atom stereocenters. The molecule has 1 aliphatic heterocycles. The summed E-state index contributed by atoms with van der Waals surface area (Å²) >= 11 is 0. The zero-order chi connectivity index (χ0) is 16.5. The topological polar surface area (TPSA) is 104 Å². The highest BCUT2D eigenvalue weighted by atomic mass is 16.3. The molecule has 2 aromatic rings. The maximum Gasteiger partial charge on any atom is 0.288 e. The highest BCUT2D eigenvalue weighted by Gasteiger charge is 2.33. The Morgan fingerprint density at radius 3 is 2.83 bits per heavy atom. The first-order valence-electron chi connectivity index (χ1n) is 8.24. The van der Waals surface area contributed by atoms with E-state index in [4.69, 9.17) is 4.42 Å². The van der Waals surface area contributed by atoms with Gasteiger partial charge in [0.25, 0.3) is 11.5 Å². The van der Waals surface area contributed by atoms with Crippen LogP contribution in [-0.2, 0) is 0 Å². The van der Waals surface area contributed by atoms with Gasteiger partial charge in [0.05, 0.1) is 11.9 Å². The first-order valence-corrected chi connectivity index (χ1v) is 8.24. The average Bonchev–Trinajstić information content (AvgIpc) is 3.22. The van der Waals surface area contributed by atoms with E-state index in [0.717, 1.165) is 44.5 Å². The standard InChI is InChI=1S/C16H19N5O3/c22-14-7-12(19-16(20-14)21-3-1-2-4-21)10-5-11(6-10)18-15(23)13-8-17-9-24-13/h7-11H,1-6H2,(H,18,23)(H,19,20,22). The maximum atomic E-state index is 11.9. The van der Waals surface area contributed by atoms with Crippen molar-refractivity contribution in [3.05, 3.63) is 40.5 Å². The van der Waals surface area contributed by atoms with Crippen molar-refractivity contribution in [2.45, 2.75) is 37.6 Å². The number of aromatic nitrogens is 3. The molecular weight excluding hydrogens is 310 g/mol. The molecule has 0 spiro atoms. The third-order valence-corrected chi connectivity index (χ3v) is 4.70. The van der Waals surface area contributed by atoms with E-state index in [1.165, 1.54) is 12.6 Å². The van der Waals surface area contributed by atoms with Gasteiger partial charge in [-0.25, -0.2) is 9.97 Å². The molecule has 4 rings (SSSR count). The summed E-state index contributed by atoms with van der Waals surface area (Å²) in [7, 11) is 0. The van der Waals surface area contributed by atoms with Crippen LogP contribution in [0.2, 0.25) is 0 Å². The molecule has 0 bridgehead atoms. The summed E-state index contributed by atoms with van der Waals surface area (Å²) in [4.78, 5) is 37.1. The fourth-order valence-electron chi connectivity index (χ4n) is 3.31. The summed E-state index contributed by atoms with van der Waals surface area (Å²) in [5, 5.41) is 2.91. The Morgan fingerprint density at radius 1 is 1.33 bits per heavy atom. The largest absolute Gasteiger partial charge is 0.438 e. The zero-order valence-corrected chi connectivity index (χ0v) is 13.2. The first-order chi connectivity index (χ1) is 11.7. The Balaban J connectivity index is 1.39. The Hall–Kier alpha value is -2.64. The van der Waals surface area contributed by atoms with Crippen LogP contribution in [0.3, 0.4) is 0 Å². The molecule has 0 aromatic carbocycles. The molecule has 126 valence electrons. The molecule has 1 aliphatic carbocycles. The number of amides is 1. The van der Waals surface area contributed by atoms with E-state index in [9.17, 15) is 9.59 Å². The van der Waals surface area contributed by atoms with Crippen LogP contribution >= 0.6 is 0 Å². The monoisotopic (exact) mass is 329 g/mol. The lowest BCUT2D eigenvalue weighted by molar-refractivity contribution is 0.0880. The Kier molecular flexibility index (Phi) is 3.79.